The van der Waals surface area contributed by atoms with Crippen molar-refractivity contribution in [1.29, 1.82) is 0 Å². The summed E-state index contributed by atoms with van der Waals surface area (Å²) in [5, 5.41) is 6.02. The van der Waals surface area contributed by atoms with Gasteiger partial charge < -0.3 is 13.5 Å². The molecule has 6 nitrogen and oxygen atoms in total. The van der Waals surface area contributed by atoms with E-state index in [1.165, 1.54) is 22.3 Å². The van der Waals surface area contributed by atoms with Crippen LogP contribution in [0.15, 0.2) is 128 Å². The monoisotopic (exact) mass is 759 g/mol. The van der Waals surface area contributed by atoms with E-state index in [2.05, 4.69) is 114 Å². The SMILES string of the molecule is Cc1cccc(C)c1-c1ccc2c3ccc(Oc4[c-]c5c(cc4)c4cccnc4n4c6ccccc6nc54)[c-]c3c3nc4ccccc4n3c2c1.[Pd+2]. The van der Waals surface area contributed by atoms with Gasteiger partial charge in [0.05, 0.1) is 33.4 Å². The van der Waals surface area contributed by atoms with Gasteiger partial charge in [-0.3, -0.25) is 9.97 Å². The summed E-state index contributed by atoms with van der Waals surface area (Å²) in [5.41, 5.74) is 12.5. The van der Waals surface area contributed by atoms with Crippen LogP contribution in [0.5, 0.6) is 11.5 Å². The molecule has 0 spiro atoms. The fraction of sp³-hybridized carbons (Fsp3) is 0.0444. The fourth-order valence-electron chi connectivity index (χ4n) is 7.99. The van der Waals surface area contributed by atoms with Crippen LogP contribution < -0.4 is 4.74 Å². The first-order valence-corrected chi connectivity index (χ1v) is 17.0. The van der Waals surface area contributed by atoms with E-state index in [1.807, 2.05) is 48.7 Å². The molecular formula is C45H27N5OPd. The van der Waals surface area contributed by atoms with Gasteiger partial charge in [0.1, 0.15) is 5.65 Å². The average molecular weight is 760 g/mol. The molecule has 0 N–H and O–H groups in total. The molecule has 248 valence electrons. The van der Waals surface area contributed by atoms with E-state index in [1.54, 1.807) is 0 Å². The van der Waals surface area contributed by atoms with Crippen molar-refractivity contribution in [1.82, 2.24) is 23.8 Å². The van der Waals surface area contributed by atoms with Gasteiger partial charge in [0, 0.05) is 23.2 Å². The number of hydrogen-bond acceptors (Lipinski definition) is 4. The predicted molar refractivity (Wildman–Crippen MR) is 206 cm³/mol. The number of ether oxygens (including phenoxy) is 1. The molecule has 0 aliphatic heterocycles. The van der Waals surface area contributed by atoms with Gasteiger partial charge in [0.25, 0.3) is 0 Å². The molecule has 0 bridgehead atoms. The second-order valence-corrected chi connectivity index (χ2v) is 13.2. The van der Waals surface area contributed by atoms with E-state index in [9.17, 15) is 0 Å². The van der Waals surface area contributed by atoms with Crippen LogP contribution in [-0.4, -0.2) is 23.8 Å². The number of imidazole rings is 2. The largest absolute Gasteiger partial charge is 2.00 e. The third-order valence-corrected chi connectivity index (χ3v) is 10.2. The minimum absolute atomic E-state index is 0. The van der Waals surface area contributed by atoms with Crippen LogP contribution in [-0.2, 0) is 20.4 Å². The number of aromatic nitrogens is 5. The zero-order chi connectivity index (χ0) is 33.8. The molecule has 0 radical (unpaired) electrons. The summed E-state index contributed by atoms with van der Waals surface area (Å²) in [6.07, 6.45) is 1.83. The van der Waals surface area contributed by atoms with E-state index in [0.717, 1.165) is 76.8 Å². The van der Waals surface area contributed by atoms with Gasteiger partial charge in [-0.2, -0.15) is 0 Å². The van der Waals surface area contributed by atoms with Gasteiger partial charge in [-0.05, 0) is 83.3 Å². The number of rotatable bonds is 3. The molecule has 0 atom stereocenters. The number of aryl methyl sites for hydroxylation is 2. The summed E-state index contributed by atoms with van der Waals surface area (Å²) in [7, 11) is 0. The number of fused-ring (bicyclic) bond motifs is 16. The molecule has 6 aromatic carbocycles. The first-order valence-electron chi connectivity index (χ1n) is 17.0. The van der Waals surface area contributed by atoms with E-state index >= 15 is 0 Å². The number of benzene rings is 6. The second kappa shape index (κ2) is 11.4. The van der Waals surface area contributed by atoms with Crippen LogP contribution >= 0.6 is 0 Å². The van der Waals surface area contributed by atoms with Crippen LogP contribution in [0.1, 0.15) is 11.1 Å². The molecular weight excluding hydrogens is 733 g/mol. The Hall–Kier alpha value is -6.13. The zero-order valence-corrected chi connectivity index (χ0v) is 29.6. The summed E-state index contributed by atoms with van der Waals surface area (Å²) >= 11 is 0. The van der Waals surface area contributed by atoms with Crippen LogP contribution in [0, 0.1) is 26.0 Å². The Bertz CT molecular complexity index is 3250. The Morgan fingerprint density at radius 2 is 1.12 bits per heavy atom. The van der Waals surface area contributed by atoms with Gasteiger partial charge in [-0.25, -0.2) is 4.98 Å². The average Bonchev–Trinajstić information content (AvgIpc) is 3.75. The molecule has 0 fully saturated rings. The second-order valence-electron chi connectivity index (χ2n) is 13.2. The maximum atomic E-state index is 6.57. The van der Waals surface area contributed by atoms with Crippen molar-refractivity contribution in [2.24, 2.45) is 0 Å². The van der Waals surface area contributed by atoms with Crippen LogP contribution in [0.25, 0.3) is 88.0 Å². The minimum atomic E-state index is 0. The predicted octanol–water partition coefficient (Wildman–Crippen LogP) is 11.0. The molecule has 7 heteroatoms. The number of pyridine rings is 3. The van der Waals surface area contributed by atoms with Crippen molar-refractivity contribution in [2.45, 2.75) is 13.8 Å². The topological polar surface area (TPSA) is 56.7 Å². The summed E-state index contributed by atoms with van der Waals surface area (Å²) < 4.78 is 11.0. The Morgan fingerprint density at radius 1 is 0.519 bits per heavy atom. The standard InChI is InChI=1S/C45H27N5O.Pd/c1-26-9-7-10-27(2)42(26)28-16-19-33-31-20-17-29(24-35(31)44-47-37-12-3-5-14-39(37)49(44)41(33)23-28)51-30-18-21-32-34-11-8-22-46-43(34)50-40-15-6-4-13-38(40)48-45(50)36(32)25-30;/h3-23H,1-2H3;/q-2;+2. The van der Waals surface area contributed by atoms with E-state index in [-0.39, 0.29) is 20.4 Å². The van der Waals surface area contributed by atoms with Crippen LogP contribution in [0.2, 0.25) is 0 Å². The van der Waals surface area contributed by atoms with Gasteiger partial charge in [0.15, 0.2) is 0 Å². The summed E-state index contributed by atoms with van der Waals surface area (Å²) in [5.74, 6) is 1.17. The number of para-hydroxylation sites is 4. The third-order valence-electron chi connectivity index (χ3n) is 10.2. The number of hydrogen-bond donors (Lipinski definition) is 0. The molecule has 0 amide bonds. The Kier molecular flexibility index (Phi) is 6.75. The Balaban J connectivity index is 0.00000338. The third kappa shape index (κ3) is 4.37. The number of nitrogens with zero attached hydrogens (tertiary/aromatic N) is 5. The molecule has 11 rings (SSSR count). The minimum Gasteiger partial charge on any atom is -0.497 e. The molecule has 0 aliphatic rings. The van der Waals surface area contributed by atoms with Crippen LogP contribution in [0.4, 0.5) is 0 Å². The van der Waals surface area contributed by atoms with Crippen molar-refractivity contribution in [3.63, 3.8) is 0 Å². The molecule has 0 unspecified atom stereocenters. The summed E-state index contributed by atoms with van der Waals surface area (Å²) in [4.78, 5) is 14.9. The normalized spacial score (nSPS) is 11.9. The molecule has 11 aromatic rings. The first-order chi connectivity index (χ1) is 25.1. The van der Waals surface area contributed by atoms with Gasteiger partial charge in [-0.15, -0.1) is 12.1 Å². The molecule has 0 saturated carbocycles. The van der Waals surface area contributed by atoms with E-state index in [0.29, 0.717) is 11.5 Å². The van der Waals surface area contributed by atoms with Crippen molar-refractivity contribution < 1.29 is 25.2 Å². The van der Waals surface area contributed by atoms with Crippen LogP contribution in [0.3, 0.4) is 0 Å². The first kappa shape index (κ1) is 30.7. The molecule has 5 heterocycles. The van der Waals surface area contributed by atoms with Crippen molar-refractivity contribution in [2.75, 3.05) is 0 Å². The maximum absolute atomic E-state index is 6.57. The van der Waals surface area contributed by atoms with Crippen molar-refractivity contribution in [3.05, 3.63) is 151 Å². The Morgan fingerprint density at radius 3 is 1.81 bits per heavy atom. The summed E-state index contributed by atoms with van der Waals surface area (Å²) in [6.45, 7) is 4.36. The molecule has 0 aliphatic carbocycles. The molecule has 52 heavy (non-hydrogen) atoms. The Labute approximate surface area is 311 Å². The van der Waals surface area contributed by atoms with Gasteiger partial charge in [0.2, 0.25) is 0 Å². The van der Waals surface area contributed by atoms with Gasteiger partial charge >= 0.3 is 20.4 Å². The quantitative estimate of drug-likeness (QED) is 0.102. The fourth-order valence-corrected chi connectivity index (χ4v) is 7.99. The van der Waals surface area contributed by atoms with Crippen molar-refractivity contribution in [3.8, 4) is 22.6 Å². The summed E-state index contributed by atoms with van der Waals surface area (Å²) in [6, 6.07) is 49.1. The molecule has 0 saturated heterocycles. The molecule has 5 aromatic heterocycles. The van der Waals surface area contributed by atoms with E-state index < -0.39 is 0 Å². The zero-order valence-electron chi connectivity index (χ0n) is 28.1. The van der Waals surface area contributed by atoms with E-state index in [4.69, 9.17) is 19.7 Å². The maximum Gasteiger partial charge on any atom is 2.00 e. The smallest absolute Gasteiger partial charge is 0.497 e. The van der Waals surface area contributed by atoms with Crippen molar-refractivity contribution >= 4 is 76.8 Å². The van der Waals surface area contributed by atoms with Gasteiger partial charge in [-0.1, -0.05) is 106 Å².